The van der Waals surface area contributed by atoms with Crippen molar-refractivity contribution in [2.45, 2.75) is 27.2 Å². The summed E-state index contributed by atoms with van der Waals surface area (Å²) in [4.78, 5) is 0. The number of hydrogen-bond donors (Lipinski definition) is 0. The van der Waals surface area contributed by atoms with Gasteiger partial charge in [0.25, 0.3) is 0 Å². The van der Waals surface area contributed by atoms with E-state index in [1.807, 2.05) is 0 Å². The average Bonchev–Trinajstić information content (AvgIpc) is 2.40. The fourth-order valence-corrected chi connectivity index (χ4v) is 1.36. The third kappa shape index (κ3) is 0.686. The van der Waals surface area contributed by atoms with Crippen LogP contribution in [0.4, 0.5) is 0 Å². The molecule has 10 heavy (non-hydrogen) atoms. The molecule has 0 unspecified atom stereocenters. The minimum absolute atomic E-state index is 0.0683. The van der Waals surface area contributed by atoms with Gasteiger partial charge in [-0.2, -0.15) is 5.26 Å². The van der Waals surface area contributed by atoms with Crippen molar-refractivity contribution in [1.82, 2.24) is 0 Å². The van der Waals surface area contributed by atoms with Crippen molar-refractivity contribution < 1.29 is 0 Å². The monoisotopic (exact) mass is 135 g/mol. The third-order valence-corrected chi connectivity index (χ3v) is 2.43. The van der Waals surface area contributed by atoms with Crippen LogP contribution < -0.4 is 0 Å². The van der Waals surface area contributed by atoms with Gasteiger partial charge in [-0.1, -0.05) is 32.9 Å². The van der Waals surface area contributed by atoms with Gasteiger partial charge in [0.1, 0.15) is 0 Å². The first-order valence-corrected chi connectivity index (χ1v) is 3.53. The average molecular weight is 135 g/mol. The summed E-state index contributed by atoms with van der Waals surface area (Å²) in [6, 6.07) is 2.34. The lowest BCUT2D eigenvalue weighted by molar-refractivity contribution is 0.294. The molecule has 0 saturated heterocycles. The zero-order valence-corrected chi connectivity index (χ0v) is 6.86. The predicted molar refractivity (Wildman–Crippen MR) is 41.3 cm³/mol. The summed E-state index contributed by atoms with van der Waals surface area (Å²) < 4.78 is 0. The molecule has 0 bridgehead atoms. The van der Waals surface area contributed by atoms with E-state index >= 15 is 0 Å². The minimum Gasteiger partial charge on any atom is -0.197 e. The first kappa shape index (κ1) is 7.34. The van der Waals surface area contributed by atoms with Crippen molar-refractivity contribution in [2.24, 2.45) is 10.8 Å². The highest BCUT2D eigenvalue weighted by Crippen LogP contribution is 2.61. The molecule has 0 aliphatic heterocycles. The fraction of sp³-hybridized carbons (Fsp3) is 0.667. The van der Waals surface area contributed by atoms with Crippen LogP contribution in [0.1, 0.15) is 27.2 Å². The summed E-state index contributed by atoms with van der Waals surface area (Å²) >= 11 is 0. The molecule has 0 radical (unpaired) electrons. The molecule has 1 aliphatic rings. The molecule has 1 saturated carbocycles. The normalized spacial score (nSPS) is 31.6. The van der Waals surface area contributed by atoms with E-state index in [2.05, 4.69) is 33.4 Å². The van der Waals surface area contributed by atoms with Gasteiger partial charge in [-0.15, -0.1) is 0 Å². The molecule has 1 rings (SSSR count). The minimum atomic E-state index is -0.201. The van der Waals surface area contributed by atoms with Gasteiger partial charge >= 0.3 is 0 Å². The molecule has 0 heterocycles. The summed E-state index contributed by atoms with van der Waals surface area (Å²) in [6.07, 6.45) is 0.896. The van der Waals surface area contributed by atoms with E-state index in [1.165, 1.54) is 0 Å². The maximum Gasteiger partial charge on any atom is 0.0866 e. The van der Waals surface area contributed by atoms with Crippen molar-refractivity contribution >= 4 is 0 Å². The van der Waals surface area contributed by atoms with Gasteiger partial charge in [0, 0.05) is 0 Å². The standard InChI is InChI=1S/C9H13N/c1-7-5-9(7,6-10)8(2,3)4/h1,5H2,2-4H3/t9-/m1/s1. The van der Waals surface area contributed by atoms with Gasteiger partial charge in [0.05, 0.1) is 11.5 Å². The molecule has 1 nitrogen and oxygen atoms in total. The largest absolute Gasteiger partial charge is 0.197 e. The molecule has 1 atom stereocenters. The van der Waals surface area contributed by atoms with E-state index in [0.29, 0.717) is 0 Å². The molecule has 1 heteroatoms. The number of allylic oxidation sites excluding steroid dienone is 1. The highest BCUT2D eigenvalue weighted by Gasteiger charge is 2.56. The molecule has 0 amide bonds. The van der Waals surface area contributed by atoms with E-state index in [4.69, 9.17) is 5.26 Å². The molecular weight excluding hydrogens is 122 g/mol. The maximum absolute atomic E-state index is 8.85. The van der Waals surface area contributed by atoms with Crippen molar-refractivity contribution in [3.8, 4) is 6.07 Å². The van der Waals surface area contributed by atoms with E-state index < -0.39 is 0 Å². The lowest BCUT2D eigenvalue weighted by Crippen LogP contribution is -2.20. The van der Waals surface area contributed by atoms with Crippen molar-refractivity contribution in [2.75, 3.05) is 0 Å². The lowest BCUT2D eigenvalue weighted by Gasteiger charge is -2.23. The second-order valence-electron chi connectivity index (χ2n) is 4.05. The Morgan fingerprint density at radius 1 is 1.60 bits per heavy atom. The smallest absolute Gasteiger partial charge is 0.0866 e. The summed E-state index contributed by atoms with van der Waals surface area (Å²) in [5.74, 6) is 0. The Labute approximate surface area is 62.4 Å². The summed E-state index contributed by atoms with van der Waals surface area (Å²) in [6.45, 7) is 10.1. The Morgan fingerprint density at radius 2 is 2.00 bits per heavy atom. The Morgan fingerprint density at radius 3 is 2.00 bits per heavy atom. The molecule has 0 N–H and O–H groups in total. The van der Waals surface area contributed by atoms with Crippen LogP contribution in [0.2, 0.25) is 0 Å². The first-order chi connectivity index (χ1) is 4.44. The molecule has 0 aromatic carbocycles. The lowest BCUT2D eigenvalue weighted by atomic mass is 9.78. The van der Waals surface area contributed by atoms with Gasteiger partial charge < -0.3 is 0 Å². The van der Waals surface area contributed by atoms with Crippen LogP contribution in [0.15, 0.2) is 12.2 Å². The SMILES string of the molecule is C=C1C[C@]1(C#N)C(C)(C)C. The molecule has 1 aliphatic carbocycles. The molecule has 0 aromatic rings. The zero-order chi connectivity index (χ0) is 7.99. The van der Waals surface area contributed by atoms with Crippen LogP contribution in [0.25, 0.3) is 0 Å². The molecule has 54 valence electrons. The first-order valence-electron chi connectivity index (χ1n) is 3.53. The number of nitrogens with zero attached hydrogens (tertiary/aromatic N) is 1. The Hall–Kier alpha value is -0.770. The van der Waals surface area contributed by atoms with Crippen LogP contribution >= 0.6 is 0 Å². The Balaban J connectivity index is 2.93. The van der Waals surface area contributed by atoms with Gasteiger partial charge in [-0.25, -0.2) is 0 Å². The summed E-state index contributed by atoms with van der Waals surface area (Å²) in [7, 11) is 0. The van der Waals surface area contributed by atoms with Gasteiger partial charge in [-0.05, 0) is 11.8 Å². The van der Waals surface area contributed by atoms with E-state index in [-0.39, 0.29) is 10.8 Å². The van der Waals surface area contributed by atoms with Crippen molar-refractivity contribution in [3.63, 3.8) is 0 Å². The molecular formula is C9H13N. The quantitative estimate of drug-likeness (QED) is 0.468. The van der Waals surface area contributed by atoms with Crippen LogP contribution in [0, 0.1) is 22.2 Å². The summed E-state index contributed by atoms with van der Waals surface area (Å²) in [5, 5.41) is 8.85. The second kappa shape index (κ2) is 1.63. The topological polar surface area (TPSA) is 23.8 Å². The van der Waals surface area contributed by atoms with Crippen molar-refractivity contribution in [1.29, 1.82) is 5.26 Å². The number of rotatable bonds is 0. The fourth-order valence-electron chi connectivity index (χ4n) is 1.36. The third-order valence-electron chi connectivity index (χ3n) is 2.43. The highest BCUT2D eigenvalue weighted by molar-refractivity contribution is 5.41. The Bertz CT molecular complexity index is 214. The van der Waals surface area contributed by atoms with Gasteiger partial charge in [0.2, 0.25) is 0 Å². The highest BCUT2D eigenvalue weighted by atomic mass is 14.6. The summed E-state index contributed by atoms with van der Waals surface area (Å²) in [5.41, 5.74) is 0.966. The molecule has 0 spiro atoms. The molecule has 0 aromatic heterocycles. The number of nitriles is 1. The number of hydrogen-bond acceptors (Lipinski definition) is 1. The van der Waals surface area contributed by atoms with Crippen LogP contribution in [0.5, 0.6) is 0 Å². The van der Waals surface area contributed by atoms with Crippen LogP contribution in [0.3, 0.4) is 0 Å². The zero-order valence-electron chi connectivity index (χ0n) is 6.86. The second-order valence-corrected chi connectivity index (χ2v) is 4.05. The van der Waals surface area contributed by atoms with E-state index in [0.717, 1.165) is 12.0 Å². The van der Waals surface area contributed by atoms with Crippen molar-refractivity contribution in [3.05, 3.63) is 12.2 Å². The van der Waals surface area contributed by atoms with Gasteiger partial charge in [-0.3, -0.25) is 0 Å². The van der Waals surface area contributed by atoms with Gasteiger partial charge in [0.15, 0.2) is 0 Å². The predicted octanol–water partition coefficient (Wildman–Crippen LogP) is 2.50. The van der Waals surface area contributed by atoms with E-state index in [9.17, 15) is 0 Å². The Kier molecular flexibility index (Phi) is 1.20. The van der Waals surface area contributed by atoms with Crippen LogP contribution in [-0.2, 0) is 0 Å². The maximum atomic E-state index is 8.85. The van der Waals surface area contributed by atoms with Crippen LogP contribution in [-0.4, -0.2) is 0 Å². The molecule has 1 fully saturated rings. The van der Waals surface area contributed by atoms with E-state index in [1.54, 1.807) is 0 Å².